The Bertz CT molecular complexity index is 696. The number of hydrogen-bond donors (Lipinski definition) is 3. The Morgan fingerprint density at radius 3 is 2.68 bits per heavy atom. The summed E-state index contributed by atoms with van der Waals surface area (Å²) < 4.78 is 19.5. The Kier molecular flexibility index (Phi) is 8.56. The Hall–Kier alpha value is -2.29. The van der Waals surface area contributed by atoms with Crippen LogP contribution in [0.25, 0.3) is 0 Å². The molecule has 7 nitrogen and oxygen atoms in total. The third-order valence-corrected chi connectivity index (χ3v) is 4.37. The lowest BCUT2D eigenvalue weighted by Gasteiger charge is -2.31. The van der Waals surface area contributed by atoms with Gasteiger partial charge in [-0.25, -0.2) is 4.39 Å². The second-order valence-electron chi connectivity index (χ2n) is 6.97. The maximum absolute atomic E-state index is 13.7. The highest BCUT2D eigenvalue weighted by Crippen LogP contribution is 2.17. The van der Waals surface area contributed by atoms with E-state index in [0.717, 1.165) is 13.0 Å². The molecule has 0 saturated carbocycles. The van der Waals surface area contributed by atoms with Crippen molar-refractivity contribution in [1.29, 1.82) is 0 Å². The second-order valence-corrected chi connectivity index (χ2v) is 6.97. The summed E-state index contributed by atoms with van der Waals surface area (Å²) in [4.78, 5) is 26.3. The molecule has 0 aliphatic carbocycles. The zero-order valence-corrected chi connectivity index (χ0v) is 16.2. The molecule has 0 spiro atoms. The van der Waals surface area contributed by atoms with E-state index in [2.05, 4.69) is 10.6 Å². The smallest absolute Gasteiger partial charge is 0.254 e. The van der Waals surface area contributed by atoms with Crippen LogP contribution in [-0.2, 0) is 9.53 Å². The predicted octanol–water partition coefficient (Wildman–Crippen LogP) is 0.698. The highest BCUT2D eigenvalue weighted by molar-refractivity contribution is 5.94. The average Bonchev–Trinajstić information content (AvgIpc) is 2.66. The number of hydrogen-bond acceptors (Lipinski definition) is 5. The topological polar surface area (TPSA) is 90.9 Å². The molecule has 0 bridgehead atoms. The van der Waals surface area contributed by atoms with Crippen molar-refractivity contribution in [2.24, 2.45) is 0 Å². The fraction of sp³-hybridized carbons (Fsp3) is 0.500. The van der Waals surface area contributed by atoms with E-state index >= 15 is 0 Å². The number of ether oxygens (including phenoxy) is 1. The first-order valence-corrected chi connectivity index (χ1v) is 9.32. The monoisotopic (exact) mass is 393 g/mol. The summed E-state index contributed by atoms with van der Waals surface area (Å²) in [5.41, 5.74) is -0.0770. The van der Waals surface area contributed by atoms with Crippen molar-refractivity contribution >= 4 is 11.8 Å². The molecule has 1 aliphatic heterocycles. The van der Waals surface area contributed by atoms with Crippen molar-refractivity contribution in [3.63, 3.8) is 0 Å². The van der Waals surface area contributed by atoms with Gasteiger partial charge >= 0.3 is 0 Å². The van der Waals surface area contributed by atoms with Gasteiger partial charge in [-0.1, -0.05) is 24.3 Å². The summed E-state index contributed by atoms with van der Waals surface area (Å²) in [5.74, 6) is -1.35. The molecule has 28 heavy (non-hydrogen) atoms. The van der Waals surface area contributed by atoms with Crippen LogP contribution in [0.3, 0.4) is 0 Å². The number of halogens is 1. The minimum absolute atomic E-state index is 0.0770. The molecule has 154 valence electrons. The van der Waals surface area contributed by atoms with Crippen LogP contribution in [0.4, 0.5) is 4.39 Å². The molecule has 3 atom stereocenters. The third-order valence-electron chi connectivity index (χ3n) is 4.37. The number of carbonyl (C=O) groups is 2. The highest BCUT2D eigenvalue weighted by atomic mass is 19.1. The van der Waals surface area contributed by atoms with Crippen LogP contribution >= 0.6 is 0 Å². The number of amides is 2. The van der Waals surface area contributed by atoms with E-state index in [9.17, 15) is 19.1 Å². The molecular weight excluding hydrogens is 365 g/mol. The van der Waals surface area contributed by atoms with Crippen molar-refractivity contribution in [2.75, 3.05) is 33.8 Å². The Morgan fingerprint density at radius 2 is 2.00 bits per heavy atom. The van der Waals surface area contributed by atoms with Crippen LogP contribution in [0, 0.1) is 5.82 Å². The van der Waals surface area contributed by atoms with Gasteiger partial charge in [-0.2, -0.15) is 0 Å². The molecule has 0 radical (unpaired) electrons. The normalized spacial score (nSPS) is 21.5. The number of nitrogens with zero attached hydrogens (tertiary/aromatic N) is 1. The summed E-state index contributed by atoms with van der Waals surface area (Å²) >= 11 is 0. The van der Waals surface area contributed by atoms with Crippen molar-refractivity contribution in [3.05, 3.63) is 47.8 Å². The van der Waals surface area contributed by atoms with Crippen LogP contribution in [-0.4, -0.2) is 73.9 Å². The van der Waals surface area contributed by atoms with Gasteiger partial charge in [0.1, 0.15) is 11.9 Å². The molecular formula is C20H28FN3O4. The van der Waals surface area contributed by atoms with Crippen LogP contribution in [0.1, 0.15) is 23.2 Å². The molecule has 1 heterocycles. The van der Waals surface area contributed by atoms with Crippen molar-refractivity contribution in [1.82, 2.24) is 15.5 Å². The van der Waals surface area contributed by atoms with Crippen molar-refractivity contribution in [3.8, 4) is 0 Å². The third kappa shape index (κ3) is 6.70. The first-order valence-electron chi connectivity index (χ1n) is 9.32. The summed E-state index contributed by atoms with van der Waals surface area (Å²) in [7, 11) is 3.94. The zero-order valence-electron chi connectivity index (χ0n) is 16.2. The van der Waals surface area contributed by atoms with E-state index in [1.807, 2.05) is 19.0 Å². The number of carbonyl (C=O) groups excluding carboxylic acids is 2. The zero-order chi connectivity index (χ0) is 20.5. The van der Waals surface area contributed by atoms with Gasteiger partial charge < -0.3 is 25.4 Å². The van der Waals surface area contributed by atoms with E-state index < -0.39 is 30.0 Å². The van der Waals surface area contributed by atoms with Gasteiger partial charge in [0.05, 0.1) is 30.7 Å². The molecule has 0 unspecified atom stereocenters. The molecule has 1 aliphatic rings. The van der Waals surface area contributed by atoms with Crippen LogP contribution < -0.4 is 10.6 Å². The quantitative estimate of drug-likeness (QED) is 0.424. The van der Waals surface area contributed by atoms with E-state index in [-0.39, 0.29) is 24.5 Å². The predicted molar refractivity (Wildman–Crippen MR) is 103 cm³/mol. The number of rotatable bonds is 9. The summed E-state index contributed by atoms with van der Waals surface area (Å²) in [6, 6.07) is 5.05. The molecule has 0 fully saturated rings. The average molecular weight is 393 g/mol. The molecule has 0 aromatic heterocycles. The van der Waals surface area contributed by atoms with E-state index in [1.165, 1.54) is 18.2 Å². The fourth-order valence-corrected chi connectivity index (χ4v) is 2.89. The second kappa shape index (κ2) is 10.9. The molecule has 8 heteroatoms. The van der Waals surface area contributed by atoms with Gasteiger partial charge in [-0.15, -0.1) is 0 Å². The fourth-order valence-electron chi connectivity index (χ4n) is 2.89. The minimum atomic E-state index is -0.715. The Balaban J connectivity index is 1.86. The van der Waals surface area contributed by atoms with E-state index in [0.29, 0.717) is 6.54 Å². The SMILES string of the molecule is CN(C)CCCNC(=O)C[C@H]1C=C[C@@H](NC(=O)c2ccccc2F)[C@@H](CO)O1. The Morgan fingerprint density at radius 1 is 1.25 bits per heavy atom. The minimum Gasteiger partial charge on any atom is -0.394 e. The van der Waals surface area contributed by atoms with Gasteiger partial charge in [0, 0.05) is 6.54 Å². The molecule has 2 amide bonds. The lowest BCUT2D eigenvalue weighted by Crippen LogP contribution is -2.49. The summed E-state index contributed by atoms with van der Waals surface area (Å²) in [6.45, 7) is 1.13. The number of nitrogens with one attached hydrogen (secondary N) is 2. The van der Waals surface area contributed by atoms with Crippen LogP contribution in [0.2, 0.25) is 0 Å². The maximum atomic E-state index is 13.7. The molecule has 3 N–H and O–H groups in total. The van der Waals surface area contributed by atoms with Gasteiger partial charge in [0.25, 0.3) is 5.91 Å². The Labute approximate surface area is 164 Å². The van der Waals surface area contributed by atoms with Gasteiger partial charge in [0.2, 0.25) is 5.91 Å². The van der Waals surface area contributed by atoms with Gasteiger partial charge in [0.15, 0.2) is 0 Å². The van der Waals surface area contributed by atoms with Crippen LogP contribution in [0.15, 0.2) is 36.4 Å². The number of aliphatic hydroxyl groups excluding tert-OH is 1. The summed E-state index contributed by atoms with van der Waals surface area (Å²) in [5, 5.41) is 15.1. The van der Waals surface area contributed by atoms with Gasteiger partial charge in [-0.3, -0.25) is 9.59 Å². The lowest BCUT2D eigenvalue weighted by atomic mass is 10.0. The van der Waals surface area contributed by atoms with Gasteiger partial charge in [-0.05, 0) is 39.2 Å². The maximum Gasteiger partial charge on any atom is 0.254 e. The molecule has 1 aromatic rings. The van der Waals surface area contributed by atoms with E-state index in [1.54, 1.807) is 18.2 Å². The standard InChI is InChI=1S/C20H28FN3O4/c1-24(2)11-5-10-22-19(26)12-14-8-9-17(18(13-25)28-14)23-20(27)15-6-3-4-7-16(15)21/h3-4,6-9,14,17-18,25H,5,10-13H2,1-2H3,(H,22,26)(H,23,27)/t14-,17-,18-/m1/s1. The number of benzene rings is 1. The molecule has 1 aromatic carbocycles. The summed E-state index contributed by atoms with van der Waals surface area (Å²) in [6.07, 6.45) is 3.12. The first kappa shape index (κ1) is 22.0. The molecule has 0 saturated heterocycles. The first-order chi connectivity index (χ1) is 13.4. The molecule has 2 rings (SSSR count). The highest BCUT2D eigenvalue weighted by Gasteiger charge is 2.29. The lowest BCUT2D eigenvalue weighted by molar-refractivity contribution is -0.125. The largest absolute Gasteiger partial charge is 0.394 e. The van der Waals surface area contributed by atoms with Crippen molar-refractivity contribution < 1.29 is 23.8 Å². The van der Waals surface area contributed by atoms with Crippen molar-refractivity contribution in [2.45, 2.75) is 31.1 Å². The van der Waals surface area contributed by atoms with Crippen LogP contribution in [0.5, 0.6) is 0 Å². The number of aliphatic hydroxyl groups is 1. The van der Waals surface area contributed by atoms with E-state index in [4.69, 9.17) is 4.74 Å².